The lowest BCUT2D eigenvalue weighted by atomic mass is 9.49. The van der Waals surface area contributed by atoms with Crippen molar-refractivity contribution in [2.24, 2.45) is 23.2 Å². The molecule has 0 unspecified atom stereocenters. The molecule has 5 rings (SSSR count). The van der Waals surface area contributed by atoms with Gasteiger partial charge in [-0.2, -0.15) is 5.26 Å². The molecule has 34 heavy (non-hydrogen) atoms. The number of carbonyl (C=O) groups is 3. The smallest absolute Gasteiger partial charge is 0.325 e. The summed E-state index contributed by atoms with van der Waals surface area (Å²) in [6, 6.07) is 7.16. The second kappa shape index (κ2) is 10.4. The molecule has 2 amide bonds. The van der Waals surface area contributed by atoms with E-state index in [2.05, 4.69) is 5.32 Å². The molecule has 0 aromatic heterocycles. The largest absolute Gasteiger partial charge is 0.454 e. The minimum atomic E-state index is -0.653. The first-order valence-electron chi connectivity index (χ1n) is 12.1. The molecule has 4 bridgehead atoms. The number of esters is 1. The van der Waals surface area contributed by atoms with Crippen LogP contribution in [0.25, 0.3) is 0 Å². The van der Waals surface area contributed by atoms with Gasteiger partial charge in [0, 0.05) is 23.7 Å². The second-order valence-corrected chi connectivity index (χ2v) is 10.8. The minimum absolute atomic E-state index is 0.108. The van der Waals surface area contributed by atoms with Gasteiger partial charge in [-0.3, -0.25) is 14.4 Å². The quantitative estimate of drug-likeness (QED) is 0.529. The monoisotopic (exact) mass is 485 g/mol. The van der Waals surface area contributed by atoms with Gasteiger partial charge in [0.25, 0.3) is 5.91 Å². The van der Waals surface area contributed by atoms with E-state index in [1.807, 2.05) is 13.0 Å². The number of amides is 2. The summed E-state index contributed by atoms with van der Waals surface area (Å²) in [4.78, 5) is 38.9. The molecular formula is C26H32ClN3O4. The van der Waals surface area contributed by atoms with Gasteiger partial charge in [-0.1, -0.05) is 11.6 Å². The van der Waals surface area contributed by atoms with Crippen molar-refractivity contribution in [1.29, 1.82) is 5.26 Å². The molecule has 4 fully saturated rings. The molecule has 4 aliphatic carbocycles. The van der Waals surface area contributed by atoms with Crippen LogP contribution in [0.15, 0.2) is 18.2 Å². The van der Waals surface area contributed by atoms with E-state index in [9.17, 15) is 14.4 Å². The van der Waals surface area contributed by atoms with Crippen LogP contribution < -0.4 is 10.2 Å². The van der Waals surface area contributed by atoms with Gasteiger partial charge in [-0.15, -0.1) is 0 Å². The van der Waals surface area contributed by atoms with E-state index in [4.69, 9.17) is 21.6 Å². The van der Waals surface area contributed by atoms with E-state index in [0.29, 0.717) is 17.1 Å². The molecule has 0 atom stereocenters. The first kappa shape index (κ1) is 24.5. The molecule has 0 aliphatic heterocycles. The van der Waals surface area contributed by atoms with Gasteiger partial charge in [0.1, 0.15) is 6.54 Å². The second-order valence-electron chi connectivity index (χ2n) is 10.4. The molecular weight excluding hydrogens is 454 g/mol. The average Bonchev–Trinajstić information content (AvgIpc) is 2.77. The Morgan fingerprint density at radius 1 is 1.18 bits per heavy atom. The van der Waals surface area contributed by atoms with Gasteiger partial charge in [0.05, 0.1) is 12.5 Å². The van der Waals surface area contributed by atoms with E-state index in [1.54, 1.807) is 18.2 Å². The number of ether oxygens (including phenoxy) is 1. The molecule has 1 N–H and O–H groups in total. The van der Waals surface area contributed by atoms with E-state index >= 15 is 0 Å². The lowest BCUT2D eigenvalue weighted by molar-refractivity contribution is -0.148. The highest BCUT2D eigenvalue weighted by atomic mass is 35.5. The van der Waals surface area contributed by atoms with E-state index < -0.39 is 18.5 Å². The highest BCUT2D eigenvalue weighted by Crippen LogP contribution is 2.61. The van der Waals surface area contributed by atoms with Gasteiger partial charge in [-0.05, 0) is 92.4 Å². The van der Waals surface area contributed by atoms with Crippen molar-refractivity contribution in [3.63, 3.8) is 0 Å². The zero-order valence-corrected chi connectivity index (χ0v) is 20.4. The molecule has 4 aliphatic rings. The fourth-order valence-corrected chi connectivity index (χ4v) is 6.83. The third-order valence-electron chi connectivity index (χ3n) is 7.69. The summed E-state index contributed by atoms with van der Waals surface area (Å²) in [5, 5.41) is 12.2. The summed E-state index contributed by atoms with van der Waals surface area (Å²) in [5.41, 5.74) is 1.49. The van der Waals surface area contributed by atoms with Crippen LogP contribution in [-0.4, -0.2) is 37.5 Å². The number of hydrogen-bond acceptors (Lipinski definition) is 5. The number of halogens is 1. The molecule has 0 heterocycles. The number of carbonyl (C=O) groups excluding carboxylic acids is 3. The number of nitrogens with zero attached hydrogens (tertiary/aromatic N) is 2. The summed E-state index contributed by atoms with van der Waals surface area (Å²) in [6.07, 6.45) is 7.98. The van der Waals surface area contributed by atoms with Gasteiger partial charge in [0.2, 0.25) is 5.91 Å². The summed E-state index contributed by atoms with van der Waals surface area (Å²) in [5.74, 6) is 1.10. The first-order chi connectivity index (χ1) is 16.3. The molecule has 1 aromatic carbocycles. The average molecular weight is 486 g/mol. The Morgan fingerprint density at radius 2 is 1.82 bits per heavy atom. The minimum Gasteiger partial charge on any atom is -0.454 e. The van der Waals surface area contributed by atoms with Crippen molar-refractivity contribution >= 4 is 35.1 Å². The van der Waals surface area contributed by atoms with Crippen molar-refractivity contribution < 1.29 is 19.1 Å². The standard InChI is InChI=1S/C26H32ClN3O4/c1-17-7-21(3-4-22(17)27)30(6-2-5-28)24(32)16-34-25(33)15-29-23(31)14-26-11-18-8-19(12-26)10-20(9-18)13-26/h3-4,7,18-20H,2,6,8-16H2,1H3,(H,29,31). The fraction of sp³-hybridized carbons (Fsp3) is 0.615. The molecule has 8 heteroatoms. The van der Waals surface area contributed by atoms with Crippen molar-refractivity contribution in [2.45, 2.75) is 58.3 Å². The Bertz CT molecular complexity index is 967. The normalized spacial score (nSPS) is 26.6. The molecule has 4 saturated carbocycles. The number of rotatable bonds is 9. The zero-order valence-electron chi connectivity index (χ0n) is 19.6. The summed E-state index contributed by atoms with van der Waals surface area (Å²) < 4.78 is 5.13. The number of aryl methyl sites for hydroxylation is 1. The maximum atomic E-state index is 12.7. The van der Waals surface area contributed by atoms with Crippen LogP contribution in [0, 0.1) is 41.4 Å². The fourth-order valence-electron chi connectivity index (χ4n) is 6.71. The SMILES string of the molecule is Cc1cc(N(CCC#N)C(=O)COC(=O)CNC(=O)CC23CC4CC(CC(C4)C2)C3)ccc1Cl. The van der Waals surface area contributed by atoms with Crippen molar-refractivity contribution in [1.82, 2.24) is 5.32 Å². The van der Waals surface area contributed by atoms with Gasteiger partial charge >= 0.3 is 5.97 Å². The Kier molecular flexibility index (Phi) is 7.47. The van der Waals surface area contributed by atoms with Gasteiger partial charge in [0.15, 0.2) is 6.61 Å². The number of hydrogen-bond donors (Lipinski definition) is 1. The number of benzene rings is 1. The van der Waals surface area contributed by atoms with E-state index in [-0.39, 0.29) is 30.8 Å². The van der Waals surface area contributed by atoms with Gasteiger partial charge < -0.3 is 15.0 Å². The predicted molar refractivity (Wildman–Crippen MR) is 128 cm³/mol. The number of anilines is 1. The summed E-state index contributed by atoms with van der Waals surface area (Å²) in [7, 11) is 0. The first-order valence-corrected chi connectivity index (χ1v) is 12.5. The Balaban J connectivity index is 1.24. The molecule has 1 aromatic rings. The number of nitriles is 1. The maximum absolute atomic E-state index is 12.7. The Morgan fingerprint density at radius 3 is 2.41 bits per heavy atom. The van der Waals surface area contributed by atoms with Crippen molar-refractivity contribution in [3.05, 3.63) is 28.8 Å². The topological polar surface area (TPSA) is 99.5 Å². The van der Waals surface area contributed by atoms with E-state index in [1.165, 1.54) is 24.2 Å². The highest BCUT2D eigenvalue weighted by molar-refractivity contribution is 6.31. The van der Waals surface area contributed by atoms with Gasteiger partial charge in [-0.25, -0.2) is 0 Å². The third-order valence-corrected chi connectivity index (χ3v) is 8.11. The molecule has 182 valence electrons. The molecule has 0 saturated heterocycles. The Hall–Kier alpha value is -2.59. The zero-order chi connectivity index (χ0) is 24.3. The number of nitrogens with one attached hydrogen (secondary N) is 1. The maximum Gasteiger partial charge on any atom is 0.325 e. The van der Waals surface area contributed by atoms with Crippen LogP contribution in [0.2, 0.25) is 5.02 Å². The van der Waals surface area contributed by atoms with Crippen LogP contribution in [-0.2, 0) is 19.1 Å². The van der Waals surface area contributed by atoms with Crippen LogP contribution in [0.3, 0.4) is 0 Å². The lowest BCUT2D eigenvalue weighted by Gasteiger charge is -2.56. The van der Waals surface area contributed by atoms with E-state index in [0.717, 1.165) is 42.6 Å². The van der Waals surface area contributed by atoms with Crippen molar-refractivity contribution in [3.8, 4) is 6.07 Å². The highest BCUT2D eigenvalue weighted by Gasteiger charge is 2.51. The molecule has 0 radical (unpaired) electrons. The van der Waals surface area contributed by atoms with Crippen LogP contribution in [0.1, 0.15) is 56.9 Å². The molecule has 7 nitrogen and oxygen atoms in total. The summed E-state index contributed by atoms with van der Waals surface area (Å²) in [6.45, 7) is 1.29. The molecule has 0 spiro atoms. The van der Waals surface area contributed by atoms with Crippen LogP contribution >= 0.6 is 11.6 Å². The van der Waals surface area contributed by atoms with Crippen LogP contribution in [0.5, 0.6) is 0 Å². The third kappa shape index (κ3) is 5.72. The predicted octanol–water partition coefficient (Wildman–Crippen LogP) is 4.16. The lowest BCUT2D eigenvalue weighted by Crippen LogP contribution is -2.48. The summed E-state index contributed by atoms with van der Waals surface area (Å²) >= 11 is 6.07. The Labute approximate surface area is 205 Å². The van der Waals surface area contributed by atoms with Crippen molar-refractivity contribution in [2.75, 3.05) is 24.6 Å². The van der Waals surface area contributed by atoms with Crippen LogP contribution in [0.4, 0.5) is 5.69 Å².